The monoisotopic (exact) mass is 420 g/mol. The fourth-order valence-corrected chi connectivity index (χ4v) is 3.84. The molecule has 3 N–H and O–H groups in total. The number of carbonyl (C=O) groups excluding carboxylic acids is 2. The number of amides is 2. The van der Waals surface area contributed by atoms with E-state index in [0.717, 1.165) is 38.5 Å². The molecular weight excluding hydrogens is 396 g/mol. The highest BCUT2D eigenvalue weighted by atomic mass is 16.6. The summed E-state index contributed by atoms with van der Waals surface area (Å²) in [6, 6.07) is 12.0. The summed E-state index contributed by atoms with van der Waals surface area (Å²) in [5, 5.41) is 7.65. The summed E-state index contributed by atoms with van der Waals surface area (Å²) < 4.78 is 6.32. The average Bonchev–Trinajstić information content (AvgIpc) is 3.34. The predicted octanol–water partition coefficient (Wildman–Crippen LogP) is 3.70. The Balaban J connectivity index is 1.84. The van der Waals surface area contributed by atoms with Crippen LogP contribution in [0.1, 0.15) is 12.5 Å². The highest BCUT2D eigenvalue weighted by Crippen LogP contribution is 2.38. The van der Waals surface area contributed by atoms with Gasteiger partial charge in [0.15, 0.2) is 0 Å². The van der Waals surface area contributed by atoms with Crippen molar-refractivity contribution < 1.29 is 19.2 Å². The second kappa shape index (κ2) is 8.43. The van der Waals surface area contributed by atoms with Crippen LogP contribution in [0.25, 0.3) is 32.9 Å². The van der Waals surface area contributed by atoms with E-state index in [0.29, 0.717) is 18.7 Å². The van der Waals surface area contributed by atoms with Crippen molar-refractivity contribution in [3.8, 4) is 11.1 Å². The van der Waals surface area contributed by atoms with Crippen molar-refractivity contribution in [2.45, 2.75) is 13.3 Å². The van der Waals surface area contributed by atoms with Gasteiger partial charge in [-0.05, 0) is 30.2 Å². The molecule has 2 aromatic carbocycles. The lowest BCUT2D eigenvalue weighted by Crippen LogP contribution is -2.25. The van der Waals surface area contributed by atoms with Crippen LogP contribution in [0.2, 0.25) is 0 Å². The maximum Gasteiger partial charge on any atom is 0.406 e. The number of para-hydroxylation sites is 1. The first-order chi connectivity index (χ1) is 15.0. The molecule has 0 atom stereocenters. The predicted molar refractivity (Wildman–Crippen MR) is 120 cm³/mol. The lowest BCUT2D eigenvalue weighted by Gasteiger charge is -2.12. The van der Waals surface area contributed by atoms with E-state index in [4.69, 9.17) is 4.84 Å². The SMILES string of the molecule is COC(=O)NCCc1cn(OC)c2cc(-c3c[nH]c4ccccc34)c(NC(C)=O)cc12. The number of aromatic nitrogens is 2. The molecule has 0 unspecified atom stereocenters. The van der Waals surface area contributed by atoms with Crippen molar-refractivity contribution in [1.82, 2.24) is 15.0 Å². The average molecular weight is 420 g/mol. The number of rotatable bonds is 6. The molecule has 0 bridgehead atoms. The molecule has 4 rings (SSSR count). The van der Waals surface area contributed by atoms with E-state index in [9.17, 15) is 9.59 Å². The maximum absolute atomic E-state index is 12.0. The van der Waals surface area contributed by atoms with Crippen molar-refractivity contribution in [1.29, 1.82) is 0 Å². The van der Waals surface area contributed by atoms with Crippen LogP contribution in [0.3, 0.4) is 0 Å². The van der Waals surface area contributed by atoms with Gasteiger partial charge in [-0.3, -0.25) is 4.79 Å². The van der Waals surface area contributed by atoms with Gasteiger partial charge in [0.1, 0.15) is 7.11 Å². The Morgan fingerprint density at radius 1 is 1.10 bits per heavy atom. The van der Waals surface area contributed by atoms with E-state index in [1.165, 1.54) is 14.0 Å². The molecule has 0 radical (unpaired) electrons. The van der Waals surface area contributed by atoms with E-state index in [1.54, 1.807) is 11.8 Å². The molecule has 8 nitrogen and oxygen atoms in total. The number of anilines is 1. The fourth-order valence-electron chi connectivity index (χ4n) is 3.84. The summed E-state index contributed by atoms with van der Waals surface area (Å²) in [4.78, 5) is 32.2. The Hall–Kier alpha value is -3.94. The molecule has 0 saturated carbocycles. The number of ether oxygens (including phenoxy) is 1. The van der Waals surface area contributed by atoms with Gasteiger partial charge >= 0.3 is 6.09 Å². The molecule has 0 aliphatic heterocycles. The molecule has 0 aliphatic rings. The molecule has 0 aliphatic carbocycles. The van der Waals surface area contributed by atoms with Gasteiger partial charge in [-0.2, -0.15) is 4.73 Å². The molecule has 2 aromatic heterocycles. The lowest BCUT2D eigenvalue weighted by atomic mass is 9.99. The Kier molecular flexibility index (Phi) is 5.53. The van der Waals surface area contributed by atoms with Crippen LogP contribution in [0, 0.1) is 0 Å². The van der Waals surface area contributed by atoms with Crippen molar-refractivity contribution in [3.05, 3.63) is 54.4 Å². The standard InChI is InChI=1S/C23H24N4O4/c1-14(28)26-21-10-17-15(8-9-24-23(29)30-2)13-27(31-3)22(17)11-18(21)19-12-25-20-7-5-4-6-16(19)20/h4-7,10-13,25H,8-9H2,1-3H3,(H,24,29)(H,26,28). The zero-order chi connectivity index (χ0) is 22.0. The van der Waals surface area contributed by atoms with E-state index < -0.39 is 6.09 Å². The number of carbonyl (C=O) groups is 2. The minimum atomic E-state index is -0.476. The van der Waals surface area contributed by atoms with Gasteiger partial charge < -0.3 is 25.2 Å². The van der Waals surface area contributed by atoms with Crippen LogP contribution in [-0.2, 0) is 16.0 Å². The number of nitrogens with zero attached hydrogens (tertiary/aromatic N) is 1. The minimum Gasteiger partial charge on any atom is -0.453 e. The highest BCUT2D eigenvalue weighted by Gasteiger charge is 2.17. The molecule has 4 aromatic rings. The fraction of sp³-hybridized carbons (Fsp3) is 0.217. The number of hydrogen-bond donors (Lipinski definition) is 3. The molecule has 160 valence electrons. The first-order valence-corrected chi connectivity index (χ1v) is 9.90. The van der Waals surface area contributed by atoms with Crippen LogP contribution in [-0.4, -0.2) is 42.5 Å². The Morgan fingerprint density at radius 2 is 1.90 bits per heavy atom. The van der Waals surface area contributed by atoms with Gasteiger partial charge in [0.05, 0.1) is 12.6 Å². The van der Waals surface area contributed by atoms with Crippen LogP contribution < -0.4 is 15.5 Å². The summed E-state index contributed by atoms with van der Waals surface area (Å²) >= 11 is 0. The number of methoxy groups -OCH3 is 1. The summed E-state index contributed by atoms with van der Waals surface area (Å²) in [6.07, 6.45) is 3.93. The van der Waals surface area contributed by atoms with Crippen molar-refractivity contribution >= 4 is 39.5 Å². The van der Waals surface area contributed by atoms with Crippen molar-refractivity contribution in [2.75, 3.05) is 26.1 Å². The number of hydrogen-bond acceptors (Lipinski definition) is 4. The number of aromatic amines is 1. The van der Waals surface area contributed by atoms with Gasteiger partial charge in [-0.15, -0.1) is 0 Å². The quantitative estimate of drug-likeness (QED) is 0.443. The maximum atomic E-state index is 12.0. The van der Waals surface area contributed by atoms with Crippen LogP contribution in [0.15, 0.2) is 48.8 Å². The highest BCUT2D eigenvalue weighted by molar-refractivity contribution is 6.06. The van der Waals surface area contributed by atoms with Crippen LogP contribution in [0.5, 0.6) is 0 Å². The number of alkyl carbamates (subject to hydrolysis) is 1. The van der Waals surface area contributed by atoms with Crippen molar-refractivity contribution in [3.63, 3.8) is 0 Å². The molecule has 31 heavy (non-hydrogen) atoms. The second-order valence-corrected chi connectivity index (χ2v) is 7.18. The second-order valence-electron chi connectivity index (χ2n) is 7.18. The first kappa shape index (κ1) is 20.3. The molecule has 0 saturated heterocycles. The normalized spacial score (nSPS) is 10.9. The van der Waals surface area contributed by atoms with Crippen LogP contribution >= 0.6 is 0 Å². The van der Waals surface area contributed by atoms with Gasteiger partial charge in [0.25, 0.3) is 0 Å². The van der Waals surface area contributed by atoms with Crippen molar-refractivity contribution in [2.24, 2.45) is 0 Å². The van der Waals surface area contributed by atoms with Gasteiger partial charge in [-0.1, -0.05) is 18.2 Å². The van der Waals surface area contributed by atoms with E-state index in [1.807, 2.05) is 48.8 Å². The Morgan fingerprint density at radius 3 is 2.65 bits per heavy atom. The summed E-state index contributed by atoms with van der Waals surface area (Å²) in [7, 11) is 2.93. The molecule has 0 fully saturated rings. The third-order valence-electron chi connectivity index (χ3n) is 5.23. The van der Waals surface area contributed by atoms with E-state index >= 15 is 0 Å². The third-order valence-corrected chi connectivity index (χ3v) is 5.23. The smallest absolute Gasteiger partial charge is 0.406 e. The lowest BCUT2D eigenvalue weighted by molar-refractivity contribution is -0.114. The van der Waals surface area contributed by atoms with Gasteiger partial charge in [-0.25, -0.2) is 4.79 Å². The van der Waals surface area contributed by atoms with Gasteiger partial charge in [0, 0.05) is 59.0 Å². The van der Waals surface area contributed by atoms with E-state index in [2.05, 4.69) is 20.4 Å². The third kappa shape index (κ3) is 3.92. The molecule has 0 spiro atoms. The summed E-state index contributed by atoms with van der Waals surface area (Å²) in [5.41, 5.74) is 5.44. The zero-order valence-corrected chi connectivity index (χ0v) is 17.6. The molecule has 8 heteroatoms. The Labute approximate surface area is 179 Å². The Bertz CT molecular complexity index is 1270. The molecule has 2 heterocycles. The first-order valence-electron chi connectivity index (χ1n) is 9.90. The summed E-state index contributed by atoms with van der Waals surface area (Å²) in [6.45, 7) is 1.90. The number of benzene rings is 2. The molecular formula is C23H24N4O4. The number of H-pyrrole nitrogens is 1. The summed E-state index contributed by atoms with van der Waals surface area (Å²) in [5.74, 6) is -0.152. The number of nitrogens with one attached hydrogen (secondary N) is 3. The van der Waals surface area contributed by atoms with Gasteiger partial charge in [0.2, 0.25) is 5.91 Å². The largest absolute Gasteiger partial charge is 0.453 e. The minimum absolute atomic E-state index is 0.152. The zero-order valence-electron chi connectivity index (χ0n) is 17.6. The number of fused-ring (bicyclic) bond motifs is 2. The van der Waals surface area contributed by atoms with Crippen LogP contribution in [0.4, 0.5) is 10.5 Å². The van der Waals surface area contributed by atoms with E-state index in [-0.39, 0.29) is 5.91 Å². The topological polar surface area (TPSA) is 97.4 Å². The molecule has 2 amide bonds.